The Hall–Kier alpha value is -0.550. The van der Waals surface area contributed by atoms with E-state index < -0.39 is 0 Å². The zero-order valence-corrected chi connectivity index (χ0v) is 13.6. The molecule has 0 radical (unpaired) electrons. The van der Waals surface area contributed by atoms with Crippen molar-refractivity contribution in [2.75, 3.05) is 12.3 Å². The largest absolute Gasteiger partial charge is 0.339 e. The summed E-state index contributed by atoms with van der Waals surface area (Å²) in [5, 5.41) is 7.52. The standard InChI is InChI=1S/C14H27N3OS/c1-6-12(11(5)15-7-2)14-16-13(17-18-14)9-19-8-10(3)4/h10-12,15H,6-9H2,1-5H3. The van der Waals surface area contributed by atoms with Gasteiger partial charge in [0.2, 0.25) is 5.89 Å². The summed E-state index contributed by atoms with van der Waals surface area (Å²) in [5.74, 6) is 4.58. The van der Waals surface area contributed by atoms with Crippen LogP contribution in [0.5, 0.6) is 0 Å². The summed E-state index contributed by atoms with van der Waals surface area (Å²) in [4.78, 5) is 4.54. The van der Waals surface area contributed by atoms with Gasteiger partial charge >= 0.3 is 0 Å². The first-order valence-corrected chi connectivity index (χ1v) is 8.37. The van der Waals surface area contributed by atoms with Gasteiger partial charge in [-0.25, -0.2) is 0 Å². The molecule has 1 N–H and O–H groups in total. The second kappa shape index (κ2) is 8.59. The first-order chi connectivity index (χ1) is 9.08. The van der Waals surface area contributed by atoms with Crippen LogP contribution in [0.4, 0.5) is 0 Å². The monoisotopic (exact) mass is 285 g/mol. The van der Waals surface area contributed by atoms with Crippen LogP contribution in [0.2, 0.25) is 0 Å². The highest BCUT2D eigenvalue weighted by atomic mass is 32.2. The van der Waals surface area contributed by atoms with Crippen LogP contribution in [0.3, 0.4) is 0 Å². The third-order valence-electron chi connectivity index (χ3n) is 3.05. The molecule has 1 aromatic rings. The van der Waals surface area contributed by atoms with E-state index in [0.29, 0.717) is 17.9 Å². The van der Waals surface area contributed by atoms with Crippen LogP contribution < -0.4 is 5.32 Å². The highest BCUT2D eigenvalue weighted by Gasteiger charge is 2.22. The van der Waals surface area contributed by atoms with E-state index >= 15 is 0 Å². The fourth-order valence-electron chi connectivity index (χ4n) is 2.07. The quantitative estimate of drug-likeness (QED) is 0.753. The zero-order chi connectivity index (χ0) is 14.3. The molecule has 0 bridgehead atoms. The molecular weight excluding hydrogens is 258 g/mol. The van der Waals surface area contributed by atoms with Crippen molar-refractivity contribution in [3.05, 3.63) is 11.7 Å². The number of likely N-dealkylation sites (N-methyl/N-ethyl adjacent to an activating group) is 1. The summed E-state index contributed by atoms with van der Waals surface area (Å²) in [5.41, 5.74) is 0. The molecule has 2 atom stereocenters. The number of hydrogen-bond donors (Lipinski definition) is 1. The highest BCUT2D eigenvalue weighted by Crippen LogP contribution is 2.23. The van der Waals surface area contributed by atoms with E-state index in [1.807, 2.05) is 11.8 Å². The molecule has 0 amide bonds. The second-order valence-corrected chi connectivity index (χ2v) is 6.35. The first kappa shape index (κ1) is 16.5. The highest BCUT2D eigenvalue weighted by molar-refractivity contribution is 7.98. The molecule has 1 heterocycles. The molecule has 0 spiro atoms. The van der Waals surface area contributed by atoms with Crippen molar-refractivity contribution in [1.82, 2.24) is 15.5 Å². The molecule has 110 valence electrons. The lowest BCUT2D eigenvalue weighted by molar-refractivity contribution is 0.316. The number of hydrogen-bond acceptors (Lipinski definition) is 5. The van der Waals surface area contributed by atoms with Crippen LogP contribution in [0, 0.1) is 5.92 Å². The van der Waals surface area contributed by atoms with Crippen LogP contribution in [-0.4, -0.2) is 28.5 Å². The molecule has 0 aliphatic carbocycles. The Labute approximate surface area is 121 Å². The minimum atomic E-state index is 0.302. The molecule has 1 aromatic heterocycles. The average Bonchev–Trinajstić information content (AvgIpc) is 2.78. The van der Waals surface area contributed by atoms with E-state index in [4.69, 9.17) is 4.52 Å². The van der Waals surface area contributed by atoms with Gasteiger partial charge in [-0.3, -0.25) is 0 Å². The van der Waals surface area contributed by atoms with Gasteiger partial charge in [0.05, 0.1) is 11.7 Å². The summed E-state index contributed by atoms with van der Waals surface area (Å²) in [7, 11) is 0. The van der Waals surface area contributed by atoms with E-state index in [-0.39, 0.29) is 0 Å². The van der Waals surface area contributed by atoms with E-state index in [1.54, 1.807) is 0 Å². The molecule has 5 heteroatoms. The van der Waals surface area contributed by atoms with E-state index in [9.17, 15) is 0 Å². The second-order valence-electron chi connectivity index (χ2n) is 5.32. The normalized spacial score (nSPS) is 14.8. The van der Waals surface area contributed by atoms with Crippen molar-refractivity contribution in [2.24, 2.45) is 5.92 Å². The van der Waals surface area contributed by atoms with Gasteiger partial charge in [0.25, 0.3) is 0 Å². The number of rotatable bonds is 9. The molecule has 0 saturated carbocycles. The summed E-state index contributed by atoms with van der Waals surface area (Å²) in [6, 6.07) is 0.367. The van der Waals surface area contributed by atoms with Gasteiger partial charge in [-0.15, -0.1) is 0 Å². The van der Waals surface area contributed by atoms with Crippen LogP contribution in [0.1, 0.15) is 58.7 Å². The first-order valence-electron chi connectivity index (χ1n) is 7.22. The van der Waals surface area contributed by atoms with Crippen LogP contribution in [0.25, 0.3) is 0 Å². The van der Waals surface area contributed by atoms with Crippen molar-refractivity contribution in [3.8, 4) is 0 Å². The molecule has 0 fully saturated rings. The van der Waals surface area contributed by atoms with Gasteiger partial charge < -0.3 is 9.84 Å². The third-order valence-corrected chi connectivity index (χ3v) is 4.42. The maximum Gasteiger partial charge on any atom is 0.231 e. The van der Waals surface area contributed by atoms with Crippen molar-refractivity contribution in [1.29, 1.82) is 0 Å². The number of aromatic nitrogens is 2. The van der Waals surface area contributed by atoms with E-state index in [1.165, 1.54) is 0 Å². The predicted octanol–water partition coefficient (Wildman–Crippen LogP) is 3.45. The summed E-state index contributed by atoms with van der Waals surface area (Å²) in [6.07, 6.45) is 1.01. The van der Waals surface area contributed by atoms with Gasteiger partial charge in [0.15, 0.2) is 5.82 Å². The average molecular weight is 285 g/mol. The Morgan fingerprint density at radius 1 is 1.26 bits per heavy atom. The van der Waals surface area contributed by atoms with Crippen molar-refractivity contribution in [3.63, 3.8) is 0 Å². The molecular formula is C14H27N3OS. The van der Waals surface area contributed by atoms with Gasteiger partial charge in [-0.05, 0) is 31.6 Å². The van der Waals surface area contributed by atoms with Crippen LogP contribution >= 0.6 is 11.8 Å². The Balaban J connectivity index is 2.56. The Morgan fingerprint density at radius 3 is 2.58 bits per heavy atom. The summed E-state index contributed by atoms with van der Waals surface area (Å²) < 4.78 is 5.43. The molecule has 0 aromatic carbocycles. The van der Waals surface area contributed by atoms with Gasteiger partial charge in [0, 0.05) is 6.04 Å². The molecule has 4 nitrogen and oxygen atoms in total. The van der Waals surface area contributed by atoms with Gasteiger partial charge in [-0.2, -0.15) is 16.7 Å². The maximum absolute atomic E-state index is 5.43. The van der Waals surface area contributed by atoms with Crippen LogP contribution in [0.15, 0.2) is 4.52 Å². The molecule has 1 rings (SSSR count). The SMILES string of the molecule is CCNC(C)C(CC)c1nc(CSCC(C)C)no1. The maximum atomic E-state index is 5.43. The summed E-state index contributed by atoms with van der Waals surface area (Å²) in [6.45, 7) is 11.9. The fourth-order valence-corrected chi connectivity index (χ4v) is 2.96. The number of nitrogens with zero attached hydrogens (tertiary/aromatic N) is 2. The lowest BCUT2D eigenvalue weighted by Gasteiger charge is -2.19. The van der Waals surface area contributed by atoms with Gasteiger partial charge in [0.1, 0.15) is 0 Å². The number of nitrogens with one attached hydrogen (secondary N) is 1. The predicted molar refractivity (Wildman–Crippen MR) is 81.5 cm³/mol. The van der Waals surface area contributed by atoms with Crippen molar-refractivity contribution < 1.29 is 4.52 Å². The lowest BCUT2D eigenvalue weighted by atomic mass is 9.98. The Bertz CT molecular complexity index is 354. The minimum absolute atomic E-state index is 0.302. The summed E-state index contributed by atoms with van der Waals surface area (Å²) >= 11 is 1.87. The topological polar surface area (TPSA) is 51.0 Å². The third kappa shape index (κ3) is 5.53. The molecule has 0 aliphatic heterocycles. The smallest absolute Gasteiger partial charge is 0.231 e. The molecule has 2 unspecified atom stereocenters. The Morgan fingerprint density at radius 2 is 2.00 bits per heavy atom. The fraction of sp³-hybridized carbons (Fsp3) is 0.857. The molecule has 0 aliphatic rings. The Kier molecular flexibility index (Phi) is 7.46. The van der Waals surface area contributed by atoms with Gasteiger partial charge in [-0.1, -0.05) is 32.9 Å². The van der Waals surface area contributed by atoms with E-state index in [0.717, 1.165) is 36.2 Å². The van der Waals surface area contributed by atoms with Crippen molar-refractivity contribution >= 4 is 11.8 Å². The van der Waals surface area contributed by atoms with Crippen LogP contribution in [-0.2, 0) is 5.75 Å². The van der Waals surface area contributed by atoms with E-state index in [2.05, 4.69) is 50.1 Å². The lowest BCUT2D eigenvalue weighted by Crippen LogP contribution is -2.31. The molecule has 19 heavy (non-hydrogen) atoms. The van der Waals surface area contributed by atoms with Crippen molar-refractivity contribution in [2.45, 2.75) is 58.8 Å². The number of thioether (sulfide) groups is 1. The molecule has 0 saturated heterocycles. The minimum Gasteiger partial charge on any atom is -0.339 e. The zero-order valence-electron chi connectivity index (χ0n) is 12.8.